The fourth-order valence-corrected chi connectivity index (χ4v) is 6.23. The highest BCUT2D eigenvalue weighted by Crippen LogP contribution is 2.42. The Labute approximate surface area is 207 Å². The van der Waals surface area contributed by atoms with E-state index < -0.39 is 6.04 Å². The van der Waals surface area contributed by atoms with Crippen LogP contribution in [0.3, 0.4) is 0 Å². The summed E-state index contributed by atoms with van der Waals surface area (Å²) in [4.78, 5) is 25.0. The van der Waals surface area contributed by atoms with Crippen molar-refractivity contribution in [1.82, 2.24) is 19.8 Å². The van der Waals surface area contributed by atoms with Crippen LogP contribution in [0.15, 0.2) is 36.8 Å². The molecule has 0 spiro atoms. The number of likely N-dealkylation sites (tertiary alicyclic amines) is 1. The monoisotopic (exact) mass is 497 g/mol. The lowest BCUT2D eigenvalue weighted by molar-refractivity contribution is -0.142. The van der Waals surface area contributed by atoms with E-state index >= 15 is 0 Å². The predicted octanol–water partition coefficient (Wildman–Crippen LogP) is 3.21. The van der Waals surface area contributed by atoms with Crippen LogP contribution in [0.1, 0.15) is 36.9 Å². The van der Waals surface area contributed by atoms with Crippen molar-refractivity contribution in [3.05, 3.63) is 53.9 Å². The Kier molecular flexibility index (Phi) is 8.78. The summed E-state index contributed by atoms with van der Waals surface area (Å²) >= 11 is 0. The number of aromatic amines is 1. The molecule has 3 aliphatic heterocycles. The van der Waals surface area contributed by atoms with Gasteiger partial charge in [0.15, 0.2) is 0 Å². The number of benzene rings is 1. The first-order valence-electron chi connectivity index (χ1n) is 11.6. The van der Waals surface area contributed by atoms with Gasteiger partial charge >= 0.3 is 0 Å². The first-order valence-corrected chi connectivity index (χ1v) is 11.6. The number of carbonyl (C=O) groups is 1. The van der Waals surface area contributed by atoms with E-state index in [-0.39, 0.29) is 36.5 Å². The zero-order valence-electron chi connectivity index (χ0n) is 18.7. The summed E-state index contributed by atoms with van der Waals surface area (Å²) in [6.45, 7) is 2.67. The van der Waals surface area contributed by atoms with Crippen LogP contribution in [0.4, 0.5) is 4.39 Å². The van der Waals surface area contributed by atoms with E-state index in [2.05, 4.69) is 14.9 Å². The minimum Gasteiger partial charge on any atom is -0.348 e. The number of hydrogen-bond donors (Lipinski definition) is 2. The van der Waals surface area contributed by atoms with Crippen molar-refractivity contribution in [1.29, 1.82) is 0 Å². The van der Waals surface area contributed by atoms with Crippen molar-refractivity contribution in [2.24, 2.45) is 17.6 Å². The zero-order valence-corrected chi connectivity index (χ0v) is 20.4. The SMILES string of the molecule is Cl.Cl.N[C@@H](Cc1cnc[nH]1)C(=O)N1C[C@H]2C[C@@H](C1)[C@H](Cc1cccc(F)c1)N1CCCC[C@@H]21. The molecule has 182 valence electrons. The topological polar surface area (TPSA) is 78.2 Å². The van der Waals surface area contributed by atoms with Crippen LogP contribution < -0.4 is 5.73 Å². The molecule has 3 saturated heterocycles. The largest absolute Gasteiger partial charge is 0.348 e. The minimum atomic E-state index is -0.552. The molecule has 0 aliphatic carbocycles. The number of nitrogens with one attached hydrogen (secondary N) is 1. The number of amides is 1. The average Bonchev–Trinajstić information content (AvgIpc) is 3.29. The van der Waals surface area contributed by atoms with Gasteiger partial charge in [0, 0.05) is 43.5 Å². The maximum Gasteiger partial charge on any atom is 0.239 e. The number of imidazole rings is 1. The van der Waals surface area contributed by atoms with Crippen LogP contribution in [0.5, 0.6) is 0 Å². The molecule has 5 rings (SSSR count). The van der Waals surface area contributed by atoms with E-state index in [1.807, 2.05) is 11.0 Å². The second-order valence-corrected chi connectivity index (χ2v) is 9.59. The predicted molar refractivity (Wildman–Crippen MR) is 131 cm³/mol. The van der Waals surface area contributed by atoms with Crippen LogP contribution in [0.25, 0.3) is 0 Å². The van der Waals surface area contributed by atoms with Gasteiger partial charge in [0.1, 0.15) is 5.82 Å². The fourth-order valence-electron chi connectivity index (χ4n) is 6.23. The number of halogens is 3. The van der Waals surface area contributed by atoms with E-state index in [0.29, 0.717) is 30.3 Å². The Bertz CT molecular complexity index is 914. The highest BCUT2D eigenvalue weighted by molar-refractivity contribution is 5.85. The maximum atomic E-state index is 13.8. The molecule has 0 radical (unpaired) electrons. The molecule has 33 heavy (non-hydrogen) atoms. The van der Waals surface area contributed by atoms with Gasteiger partial charge in [-0.15, -0.1) is 24.8 Å². The molecule has 4 heterocycles. The summed E-state index contributed by atoms with van der Waals surface area (Å²) in [7, 11) is 0. The molecule has 3 fully saturated rings. The summed E-state index contributed by atoms with van der Waals surface area (Å²) in [5, 5.41) is 0. The van der Waals surface area contributed by atoms with E-state index in [1.54, 1.807) is 24.7 Å². The summed E-state index contributed by atoms with van der Waals surface area (Å²) in [6, 6.07) is 7.31. The number of rotatable bonds is 5. The standard InChI is InChI=1S/C24H32FN5O.2ClH/c25-19-5-3-4-16(8-19)9-23-18-10-17(22-6-1-2-7-30(22)23)13-29(14-18)24(31)21(26)11-20-12-27-15-28-20;;/h3-5,8,12,15,17-18,21-23H,1-2,6-7,9-11,13-14,26H2,(H,27,28);2*1H/t17-,18+,21+,22+,23+;;/m1../s1. The Morgan fingerprint density at radius 1 is 1.24 bits per heavy atom. The molecular formula is C24H34Cl2FN5O. The van der Waals surface area contributed by atoms with Gasteiger partial charge in [-0.25, -0.2) is 9.37 Å². The van der Waals surface area contributed by atoms with Crippen LogP contribution in [-0.4, -0.2) is 63.4 Å². The van der Waals surface area contributed by atoms with Crippen molar-refractivity contribution >= 4 is 30.7 Å². The Morgan fingerprint density at radius 2 is 2.06 bits per heavy atom. The molecule has 5 atom stereocenters. The van der Waals surface area contributed by atoms with Gasteiger partial charge in [-0.05, 0) is 61.8 Å². The first kappa shape index (κ1) is 25.9. The van der Waals surface area contributed by atoms with Crippen molar-refractivity contribution < 1.29 is 9.18 Å². The lowest BCUT2D eigenvalue weighted by Crippen LogP contribution is -2.65. The van der Waals surface area contributed by atoms with Crippen molar-refractivity contribution in [3.8, 4) is 0 Å². The minimum absolute atomic E-state index is 0. The van der Waals surface area contributed by atoms with Gasteiger partial charge in [0.25, 0.3) is 0 Å². The number of H-pyrrole nitrogens is 1. The van der Waals surface area contributed by atoms with Crippen molar-refractivity contribution in [2.45, 2.75) is 56.7 Å². The van der Waals surface area contributed by atoms with E-state index in [4.69, 9.17) is 5.73 Å². The van der Waals surface area contributed by atoms with Crippen molar-refractivity contribution in [3.63, 3.8) is 0 Å². The number of carbonyl (C=O) groups excluding carboxylic acids is 1. The Morgan fingerprint density at radius 3 is 2.82 bits per heavy atom. The maximum absolute atomic E-state index is 13.8. The molecular weight excluding hydrogens is 464 g/mol. The number of aromatic nitrogens is 2. The highest BCUT2D eigenvalue weighted by Gasteiger charge is 2.48. The molecule has 9 heteroatoms. The molecule has 3 aliphatic rings. The van der Waals surface area contributed by atoms with Gasteiger partial charge in [0.2, 0.25) is 5.91 Å². The molecule has 3 N–H and O–H groups in total. The lowest BCUT2D eigenvalue weighted by atomic mass is 9.71. The number of piperidine rings is 3. The van der Waals surface area contributed by atoms with Gasteiger partial charge in [0.05, 0.1) is 12.4 Å². The number of nitrogens with zero attached hydrogens (tertiary/aromatic N) is 3. The van der Waals surface area contributed by atoms with E-state index in [9.17, 15) is 9.18 Å². The molecule has 2 aromatic rings. The molecule has 1 amide bonds. The molecule has 6 nitrogen and oxygen atoms in total. The fraction of sp³-hybridized carbons (Fsp3) is 0.583. The third kappa shape index (κ3) is 5.53. The van der Waals surface area contributed by atoms with Crippen LogP contribution in [0, 0.1) is 17.7 Å². The van der Waals surface area contributed by atoms with Gasteiger partial charge in [-0.1, -0.05) is 18.6 Å². The molecule has 0 unspecified atom stereocenters. The number of fused-ring (bicyclic) bond motifs is 4. The van der Waals surface area contributed by atoms with Crippen LogP contribution in [0.2, 0.25) is 0 Å². The van der Waals surface area contributed by atoms with Crippen LogP contribution >= 0.6 is 24.8 Å². The summed E-state index contributed by atoms with van der Waals surface area (Å²) in [5.41, 5.74) is 8.24. The van der Waals surface area contributed by atoms with E-state index in [0.717, 1.165) is 43.7 Å². The number of hydrogen-bond acceptors (Lipinski definition) is 4. The Hall–Kier alpha value is -1.67. The lowest BCUT2D eigenvalue weighted by Gasteiger charge is -2.57. The third-order valence-electron chi connectivity index (χ3n) is 7.58. The second-order valence-electron chi connectivity index (χ2n) is 9.59. The van der Waals surface area contributed by atoms with Gasteiger partial charge in [-0.2, -0.15) is 0 Å². The van der Waals surface area contributed by atoms with Crippen LogP contribution in [-0.2, 0) is 17.6 Å². The highest BCUT2D eigenvalue weighted by atomic mass is 35.5. The Balaban J connectivity index is 0.00000153. The second kappa shape index (κ2) is 11.2. The molecule has 1 aromatic carbocycles. The summed E-state index contributed by atoms with van der Waals surface area (Å²) in [6.07, 6.45) is 9.50. The smallest absolute Gasteiger partial charge is 0.239 e. The average molecular weight is 498 g/mol. The normalized spacial score (nSPS) is 27.6. The zero-order chi connectivity index (χ0) is 21.4. The van der Waals surface area contributed by atoms with Gasteiger partial charge in [-0.3, -0.25) is 9.69 Å². The summed E-state index contributed by atoms with van der Waals surface area (Å²) in [5.74, 6) is 0.774. The quantitative estimate of drug-likeness (QED) is 0.664. The molecule has 0 saturated carbocycles. The molecule has 1 aromatic heterocycles. The third-order valence-corrected chi connectivity index (χ3v) is 7.58. The van der Waals surface area contributed by atoms with E-state index in [1.165, 1.54) is 25.3 Å². The molecule has 2 bridgehead atoms. The first-order chi connectivity index (χ1) is 15.1. The summed E-state index contributed by atoms with van der Waals surface area (Å²) < 4.78 is 13.8. The van der Waals surface area contributed by atoms with Crippen molar-refractivity contribution in [2.75, 3.05) is 19.6 Å². The van der Waals surface area contributed by atoms with Gasteiger partial charge < -0.3 is 15.6 Å². The number of nitrogens with two attached hydrogens (primary N) is 1.